The molecule has 1 rings (SSSR count). The van der Waals surface area contributed by atoms with Crippen molar-refractivity contribution in [3.63, 3.8) is 0 Å². The van der Waals surface area contributed by atoms with Crippen molar-refractivity contribution in [2.45, 2.75) is 5.33 Å². The fourth-order valence-electron chi connectivity index (χ4n) is 0.909. The number of aliphatic imine (C=N–C) groups is 1. The minimum absolute atomic E-state index is 0.0969. The van der Waals surface area contributed by atoms with E-state index in [2.05, 4.69) is 20.9 Å². The lowest BCUT2D eigenvalue weighted by molar-refractivity contribution is 0.628. The zero-order chi connectivity index (χ0) is 10.6. The van der Waals surface area contributed by atoms with E-state index in [1.807, 2.05) is 0 Å². The van der Waals surface area contributed by atoms with Crippen LogP contribution in [0.2, 0.25) is 0 Å². The second-order valence-corrected chi connectivity index (χ2v) is 3.48. The lowest BCUT2D eigenvalue weighted by atomic mass is 10.2. The largest absolute Gasteiger partial charge is 0.386 e. The molecule has 0 aliphatic heterocycles. The van der Waals surface area contributed by atoms with Crippen LogP contribution < -0.4 is 5.73 Å². The number of benzene rings is 1. The first-order valence-corrected chi connectivity index (χ1v) is 5.56. The Bertz CT molecular complexity index is 355. The second-order valence-electron chi connectivity index (χ2n) is 2.66. The summed E-state index contributed by atoms with van der Waals surface area (Å²) in [4.78, 5) is 3.82. The number of hydrogen-bond donors (Lipinski definition) is 1. The maximum absolute atomic E-state index is 13.3. The summed E-state index contributed by atoms with van der Waals surface area (Å²) in [6.07, 6.45) is 0. The zero-order valence-electron chi connectivity index (χ0n) is 7.30. The molecule has 2 N–H and O–H groups in total. The van der Waals surface area contributed by atoms with Crippen molar-refractivity contribution in [2.24, 2.45) is 10.7 Å². The highest BCUT2D eigenvalue weighted by atomic mass is 79.9. The first kappa shape index (κ1) is 11.5. The van der Waals surface area contributed by atoms with E-state index in [0.717, 1.165) is 5.56 Å². The van der Waals surface area contributed by atoms with Crippen molar-refractivity contribution in [3.8, 4) is 0 Å². The molecule has 0 heterocycles. The molecule has 0 unspecified atom stereocenters. The summed E-state index contributed by atoms with van der Waals surface area (Å²) in [6, 6.07) is 4.76. The molecule has 76 valence electrons. The van der Waals surface area contributed by atoms with Gasteiger partial charge in [0.15, 0.2) is 0 Å². The highest BCUT2D eigenvalue weighted by molar-refractivity contribution is 9.08. The van der Waals surface area contributed by atoms with Crippen LogP contribution in [-0.4, -0.2) is 11.7 Å². The molecular formula is C9H9BrClFN2. The van der Waals surface area contributed by atoms with E-state index in [1.165, 1.54) is 6.07 Å². The summed E-state index contributed by atoms with van der Waals surface area (Å²) < 4.78 is 13.3. The number of halogens is 3. The number of alkyl halides is 2. The Morgan fingerprint density at radius 3 is 2.79 bits per heavy atom. The maximum atomic E-state index is 13.3. The van der Waals surface area contributed by atoms with Gasteiger partial charge in [-0.15, -0.1) is 11.6 Å². The van der Waals surface area contributed by atoms with Crippen LogP contribution in [0.15, 0.2) is 23.2 Å². The molecule has 0 aliphatic rings. The van der Waals surface area contributed by atoms with Gasteiger partial charge in [0.05, 0.1) is 5.88 Å². The van der Waals surface area contributed by atoms with Crippen molar-refractivity contribution in [3.05, 3.63) is 29.6 Å². The average Bonchev–Trinajstić information content (AvgIpc) is 2.20. The third-order valence-corrected chi connectivity index (χ3v) is 2.49. The summed E-state index contributed by atoms with van der Waals surface area (Å²) in [6.45, 7) is 0. The van der Waals surface area contributed by atoms with Gasteiger partial charge in [0.25, 0.3) is 0 Å². The Morgan fingerprint density at radius 2 is 2.29 bits per heavy atom. The smallest absolute Gasteiger partial charge is 0.149 e. The Kier molecular flexibility index (Phi) is 4.35. The molecule has 0 saturated carbocycles. The van der Waals surface area contributed by atoms with Crippen LogP contribution in [0, 0.1) is 5.82 Å². The van der Waals surface area contributed by atoms with Crippen LogP contribution in [0.25, 0.3) is 0 Å². The molecule has 0 atom stereocenters. The molecule has 2 nitrogen and oxygen atoms in total. The van der Waals surface area contributed by atoms with E-state index in [-0.39, 0.29) is 17.4 Å². The number of amidine groups is 1. The van der Waals surface area contributed by atoms with Gasteiger partial charge in [-0.25, -0.2) is 9.38 Å². The molecule has 0 aliphatic carbocycles. The van der Waals surface area contributed by atoms with Crippen molar-refractivity contribution < 1.29 is 4.39 Å². The normalized spacial score (nSPS) is 11.8. The average molecular weight is 280 g/mol. The molecule has 0 fully saturated rings. The number of hydrogen-bond acceptors (Lipinski definition) is 1. The predicted octanol–water partition coefficient (Wildman–Crippen LogP) is 2.95. The molecule has 0 bridgehead atoms. The number of nitrogens with two attached hydrogens (primary N) is 1. The predicted molar refractivity (Wildman–Crippen MR) is 61.0 cm³/mol. The highest BCUT2D eigenvalue weighted by Gasteiger charge is 2.02. The van der Waals surface area contributed by atoms with Crippen LogP contribution in [0.3, 0.4) is 0 Å². The van der Waals surface area contributed by atoms with Gasteiger partial charge in [-0.1, -0.05) is 22.0 Å². The van der Waals surface area contributed by atoms with E-state index in [1.54, 1.807) is 12.1 Å². The van der Waals surface area contributed by atoms with Crippen LogP contribution >= 0.6 is 27.5 Å². The number of rotatable bonds is 3. The van der Waals surface area contributed by atoms with Crippen LogP contribution in [0.5, 0.6) is 0 Å². The molecule has 0 saturated heterocycles. The van der Waals surface area contributed by atoms with Crippen molar-refractivity contribution in [1.82, 2.24) is 0 Å². The van der Waals surface area contributed by atoms with Gasteiger partial charge in [0.2, 0.25) is 0 Å². The van der Waals surface area contributed by atoms with Crippen LogP contribution in [0.1, 0.15) is 5.56 Å². The first-order chi connectivity index (χ1) is 6.67. The molecule has 1 aromatic rings. The molecule has 1 aromatic carbocycles. The van der Waals surface area contributed by atoms with Gasteiger partial charge in [-0.2, -0.15) is 0 Å². The fourth-order valence-corrected chi connectivity index (χ4v) is 1.32. The lowest BCUT2D eigenvalue weighted by Crippen LogP contribution is -2.12. The van der Waals surface area contributed by atoms with Gasteiger partial charge >= 0.3 is 0 Å². The van der Waals surface area contributed by atoms with E-state index in [9.17, 15) is 4.39 Å². The molecule has 5 heteroatoms. The third kappa shape index (κ3) is 2.96. The summed E-state index contributed by atoms with van der Waals surface area (Å²) in [5.41, 5.74) is 6.45. The molecule has 0 amide bonds. The van der Waals surface area contributed by atoms with Crippen molar-refractivity contribution >= 4 is 39.1 Å². The van der Waals surface area contributed by atoms with Crippen molar-refractivity contribution in [1.29, 1.82) is 0 Å². The Morgan fingerprint density at radius 1 is 1.57 bits per heavy atom. The highest BCUT2D eigenvalue weighted by Crippen LogP contribution is 2.20. The van der Waals surface area contributed by atoms with E-state index >= 15 is 0 Å². The van der Waals surface area contributed by atoms with Crippen molar-refractivity contribution in [2.75, 3.05) is 5.88 Å². The Balaban J connectivity index is 3.00. The summed E-state index contributed by atoms with van der Waals surface area (Å²) in [7, 11) is 0. The van der Waals surface area contributed by atoms with Crippen LogP contribution in [-0.2, 0) is 5.33 Å². The lowest BCUT2D eigenvalue weighted by Gasteiger charge is -2.00. The standard InChI is InChI=1S/C9H9BrClFN2/c10-4-6-1-2-8(7(12)3-6)14-9(13)5-11/h1-3H,4-5H2,(H2,13,14). The summed E-state index contributed by atoms with van der Waals surface area (Å²) >= 11 is 8.66. The van der Waals surface area contributed by atoms with Gasteiger partial charge in [-0.3, -0.25) is 0 Å². The van der Waals surface area contributed by atoms with Crippen LogP contribution in [0.4, 0.5) is 10.1 Å². The zero-order valence-corrected chi connectivity index (χ0v) is 9.65. The van der Waals surface area contributed by atoms with E-state index in [4.69, 9.17) is 17.3 Å². The topological polar surface area (TPSA) is 38.4 Å². The third-order valence-electron chi connectivity index (χ3n) is 1.57. The molecule has 14 heavy (non-hydrogen) atoms. The minimum atomic E-state index is -0.394. The quantitative estimate of drug-likeness (QED) is 0.516. The fraction of sp³-hybridized carbons (Fsp3) is 0.222. The summed E-state index contributed by atoms with van der Waals surface area (Å²) in [5.74, 6) is -0.0909. The molecule has 0 radical (unpaired) electrons. The Labute approximate surface area is 95.1 Å². The second kappa shape index (κ2) is 5.32. The molecule has 0 spiro atoms. The maximum Gasteiger partial charge on any atom is 0.149 e. The van der Waals surface area contributed by atoms with E-state index in [0.29, 0.717) is 5.33 Å². The van der Waals surface area contributed by atoms with Gasteiger partial charge in [-0.05, 0) is 17.7 Å². The minimum Gasteiger partial charge on any atom is -0.386 e. The molecular weight excluding hydrogens is 270 g/mol. The number of nitrogens with zero attached hydrogens (tertiary/aromatic N) is 1. The Hall–Kier alpha value is -0.610. The molecule has 0 aromatic heterocycles. The SMILES string of the molecule is NC(CCl)=Nc1ccc(CBr)cc1F. The van der Waals surface area contributed by atoms with Gasteiger partial charge < -0.3 is 5.73 Å². The van der Waals surface area contributed by atoms with Gasteiger partial charge in [0, 0.05) is 5.33 Å². The van der Waals surface area contributed by atoms with E-state index < -0.39 is 5.82 Å². The first-order valence-electron chi connectivity index (χ1n) is 3.90. The monoisotopic (exact) mass is 278 g/mol. The van der Waals surface area contributed by atoms with Gasteiger partial charge in [0.1, 0.15) is 17.3 Å². The summed E-state index contributed by atoms with van der Waals surface area (Å²) in [5, 5.41) is 0.610.